The van der Waals surface area contributed by atoms with Crippen molar-refractivity contribution in [2.45, 2.75) is 37.6 Å². The van der Waals surface area contributed by atoms with Crippen LogP contribution in [0.2, 0.25) is 0 Å². The fourth-order valence-electron chi connectivity index (χ4n) is 2.64. The Morgan fingerprint density at radius 3 is 2.43 bits per heavy atom. The number of hydrogen-bond acceptors (Lipinski definition) is 7. The molecule has 1 aromatic rings. The molecular formula is C21H24BrNO6S. The van der Waals surface area contributed by atoms with E-state index in [9.17, 15) is 14.4 Å². The molecule has 7 nitrogen and oxygen atoms in total. The summed E-state index contributed by atoms with van der Waals surface area (Å²) in [5, 5.41) is 1.17. The van der Waals surface area contributed by atoms with Gasteiger partial charge >= 0.3 is 11.9 Å². The molecule has 9 heteroatoms. The summed E-state index contributed by atoms with van der Waals surface area (Å²) in [4.78, 5) is 37.6. The van der Waals surface area contributed by atoms with E-state index in [1.807, 2.05) is 0 Å². The number of alkyl halides is 1. The van der Waals surface area contributed by atoms with Crippen molar-refractivity contribution in [3.8, 4) is 5.75 Å². The highest BCUT2D eigenvalue weighted by Crippen LogP contribution is 2.39. The fraction of sp³-hybridized carbons (Fsp3) is 0.381. The van der Waals surface area contributed by atoms with Crippen LogP contribution in [-0.4, -0.2) is 46.7 Å². The van der Waals surface area contributed by atoms with Crippen LogP contribution in [0.15, 0.2) is 47.0 Å². The lowest BCUT2D eigenvalue weighted by Gasteiger charge is -2.44. The molecule has 0 radical (unpaired) electrons. The number of carbonyl (C=O) groups is 3. The van der Waals surface area contributed by atoms with Crippen molar-refractivity contribution in [2.24, 2.45) is 0 Å². The summed E-state index contributed by atoms with van der Waals surface area (Å²) >= 11 is 4.58. The Morgan fingerprint density at radius 1 is 1.20 bits per heavy atom. The molecule has 0 bridgehead atoms. The van der Waals surface area contributed by atoms with Gasteiger partial charge in [0.15, 0.2) is 0 Å². The van der Waals surface area contributed by atoms with Crippen molar-refractivity contribution in [1.29, 1.82) is 0 Å². The molecule has 0 spiro atoms. The second-order valence-corrected chi connectivity index (χ2v) is 8.48. The predicted molar refractivity (Wildman–Crippen MR) is 118 cm³/mol. The van der Waals surface area contributed by atoms with Crippen LogP contribution < -0.4 is 4.74 Å². The Hall–Kier alpha value is -2.26. The van der Waals surface area contributed by atoms with E-state index in [0.29, 0.717) is 11.3 Å². The van der Waals surface area contributed by atoms with E-state index in [4.69, 9.17) is 14.2 Å². The number of halogens is 1. The van der Waals surface area contributed by atoms with E-state index in [2.05, 4.69) is 15.9 Å². The molecule has 2 rings (SSSR count). The first-order valence-corrected chi connectivity index (χ1v) is 11.1. The van der Waals surface area contributed by atoms with Gasteiger partial charge in [-0.05, 0) is 49.4 Å². The molecule has 2 atom stereocenters. The van der Waals surface area contributed by atoms with Gasteiger partial charge in [-0.1, -0.05) is 28.1 Å². The van der Waals surface area contributed by atoms with Gasteiger partial charge in [-0.25, -0.2) is 9.59 Å². The normalized spacial score (nSPS) is 18.0. The Morgan fingerprint density at radius 2 is 1.87 bits per heavy atom. The summed E-state index contributed by atoms with van der Waals surface area (Å²) in [5.41, 5.74) is 1.66. The Bertz CT molecular complexity index is 848. The first-order valence-electron chi connectivity index (χ1n) is 9.23. The summed E-state index contributed by atoms with van der Waals surface area (Å²) < 4.78 is 15.4. The van der Waals surface area contributed by atoms with E-state index in [1.54, 1.807) is 57.6 Å². The zero-order valence-corrected chi connectivity index (χ0v) is 19.6. The third-order valence-corrected chi connectivity index (χ3v) is 6.42. The quantitative estimate of drug-likeness (QED) is 0.222. The fourth-order valence-corrected chi connectivity index (χ4v) is 4.41. The molecule has 0 aromatic heterocycles. The predicted octanol–water partition coefficient (Wildman–Crippen LogP) is 3.77. The first kappa shape index (κ1) is 24.0. The van der Waals surface area contributed by atoms with Crippen molar-refractivity contribution >= 4 is 45.5 Å². The maximum Gasteiger partial charge on any atom is 0.355 e. The van der Waals surface area contributed by atoms with Gasteiger partial charge in [0.2, 0.25) is 5.91 Å². The second kappa shape index (κ2) is 11.2. The highest BCUT2D eigenvalue weighted by Gasteiger charge is 2.49. The van der Waals surface area contributed by atoms with E-state index in [0.717, 1.165) is 5.56 Å². The molecule has 1 amide bonds. The number of methoxy groups -OCH3 is 1. The smallest absolute Gasteiger partial charge is 0.355 e. The van der Waals surface area contributed by atoms with Crippen molar-refractivity contribution in [3.63, 3.8) is 0 Å². The number of nitrogens with zero attached hydrogens (tertiary/aromatic N) is 1. The summed E-state index contributed by atoms with van der Waals surface area (Å²) in [5.74, 6) is -0.580. The SMILES string of the molecule is CCOC(=O)/C=C/S[C@@H]1[C@@H](Br)C(=O)N1C(C(=O)OCc1ccc(OC)cc1)=C(C)C. The average Bonchev–Trinajstić information content (AvgIpc) is 2.73. The topological polar surface area (TPSA) is 82.1 Å². The van der Waals surface area contributed by atoms with E-state index in [-0.39, 0.29) is 30.2 Å². The van der Waals surface area contributed by atoms with Crippen LogP contribution in [0.1, 0.15) is 26.3 Å². The van der Waals surface area contributed by atoms with E-state index in [1.165, 1.54) is 22.7 Å². The number of likely N-dealkylation sites (tertiary alicyclic amines) is 1. The Kier molecular flexibility index (Phi) is 8.98. The molecule has 30 heavy (non-hydrogen) atoms. The number of benzene rings is 1. The van der Waals surface area contributed by atoms with Crippen LogP contribution in [0.5, 0.6) is 5.75 Å². The largest absolute Gasteiger partial charge is 0.497 e. The maximum atomic E-state index is 12.8. The van der Waals surface area contributed by atoms with Crippen molar-refractivity contribution in [1.82, 2.24) is 4.90 Å². The molecule has 0 unspecified atom stereocenters. The molecule has 0 aliphatic carbocycles. The Balaban J connectivity index is 2.07. The van der Waals surface area contributed by atoms with E-state index < -0.39 is 16.8 Å². The zero-order valence-electron chi connectivity index (χ0n) is 17.2. The van der Waals surface area contributed by atoms with Crippen molar-refractivity contribution in [2.75, 3.05) is 13.7 Å². The number of hydrogen-bond donors (Lipinski definition) is 0. The highest BCUT2D eigenvalue weighted by atomic mass is 79.9. The van der Waals surface area contributed by atoms with Gasteiger partial charge in [0.1, 0.15) is 28.3 Å². The minimum Gasteiger partial charge on any atom is -0.497 e. The molecule has 0 saturated carbocycles. The van der Waals surface area contributed by atoms with Gasteiger partial charge in [0.05, 0.1) is 13.7 Å². The lowest BCUT2D eigenvalue weighted by atomic mass is 10.1. The van der Waals surface area contributed by atoms with Gasteiger partial charge in [0, 0.05) is 6.08 Å². The molecule has 162 valence electrons. The van der Waals surface area contributed by atoms with Crippen LogP contribution in [-0.2, 0) is 30.5 Å². The number of rotatable bonds is 9. The van der Waals surface area contributed by atoms with Gasteiger partial charge in [-0.2, -0.15) is 0 Å². The van der Waals surface area contributed by atoms with Gasteiger partial charge in [-0.3, -0.25) is 9.69 Å². The number of allylic oxidation sites excluding steroid dienone is 1. The average molecular weight is 498 g/mol. The van der Waals surface area contributed by atoms with Crippen LogP contribution in [0, 0.1) is 0 Å². The molecular weight excluding hydrogens is 474 g/mol. The van der Waals surface area contributed by atoms with Crippen molar-refractivity contribution < 1.29 is 28.6 Å². The number of thioether (sulfide) groups is 1. The van der Waals surface area contributed by atoms with Gasteiger partial charge < -0.3 is 14.2 Å². The van der Waals surface area contributed by atoms with Crippen LogP contribution in [0.25, 0.3) is 0 Å². The van der Waals surface area contributed by atoms with Crippen molar-refractivity contribution in [3.05, 3.63) is 52.6 Å². The molecule has 1 aromatic carbocycles. The minimum atomic E-state index is -0.585. The second-order valence-electron chi connectivity index (χ2n) is 6.46. The molecule has 1 fully saturated rings. The zero-order chi connectivity index (χ0) is 22.3. The molecule has 1 aliphatic rings. The number of carbonyl (C=O) groups excluding carboxylic acids is 3. The number of β-lactam (4-membered cyclic amide) rings is 1. The monoisotopic (exact) mass is 497 g/mol. The lowest BCUT2D eigenvalue weighted by Crippen LogP contribution is -2.60. The van der Waals surface area contributed by atoms with Crippen LogP contribution >= 0.6 is 27.7 Å². The number of esters is 2. The summed E-state index contributed by atoms with van der Waals surface area (Å²) in [6, 6.07) is 7.16. The molecule has 1 saturated heterocycles. The third kappa shape index (κ3) is 5.89. The minimum absolute atomic E-state index is 0.0694. The summed E-state index contributed by atoms with van der Waals surface area (Å²) in [6.45, 7) is 5.56. The van der Waals surface area contributed by atoms with Crippen LogP contribution in [0.4, 0.5) is 0 Å². The standard InChI is InChI=1S/C21H24BrNO6S/c1-5-28-16(24)10-11-30-20-17(22)19(25)23(20)18(13(2)3)21(26)29-12-14-6-8-15(27-4)9-7-14/h6-11,17,20H,5,12H2,1-4H3/b11-10+/t17-,20+/m0/s1. The third-order valence-electron chi connectivity index (χ3n) is 4.12. The maximum absolute atomic E-state index is 12.8. The van der Waals surface area contributed by atoms with E-state index >= 15 is 0 Å². The Labute approximate surface area is 188 Å². The highest BCUT2D eigenvalue weighted by molar-refractivity contribution is 9.10. The lowest BCUT2D eigenvalue weighted by molar-refractivity contribution is -0.149. The number of ether oxygens (including phenoxy) is 3. The first-order chi connectivity index (χ1) is 14.3. The van der Waals surface area contributed by atoms with Gasteiger partial charge in [0.25, 0.3) is 0 Å². The molecule has 0 N–H and O–H groups in total. The van der Waals surface area contributed by atoms with Gasteiger partial charge in [-0.15, -0.1) is 11.8 Å². The summed E-state index contributed by atoms with van der Waals surface area (Å²) in [7, 11) is 1.58. The van der Waals surface area contributed by atoms with Crippen LogP contribution in [0.3, 0.4) is 0 Å². The summed E-state index contributed by atoms with van der Waals surface area (Å²) in [6.07, 6.45) is 1.29. The number of amides is 1. The molecule has 1 heterocycles. The molecule has 1 aliphatic heterocycles.